The summed E-state index contributed by atoms with van der Waals surface area (Å²) < 4.78 is 19.3. The number of nitrogens with zero attached hydrogens (tertiary/aromatic N) is 2. The van der Waals surface area contributed by atoms with Crippen LogP contribution >= 0.6 is 0 Å². The van der Waals surface area contributed by atoms with E-state index in [0.29, 0.717) is 18.7 Å². The molecule has 1 aromatic carbocycles. The predicted octanol–water partition coefficient (Wildman–Crippen LogP) is 1.52. The fraction of sp³-hybridized carbons (Fsp3) is 0.588. The molecule has 2 rings (SSSR count). The van der Waals surface area contributed by atoms with Crippen molar-refractivity contribution in [1.82, 2.24) is 15.5 Å². The van der Waals surface area contributed by atoms with E-state index in [1.807, 2.05) is 13.0 Å². The SMILES string of the molecule is CCNC(=NCc1ccc(C)c(F)c1)NCC1CN(C)CCO1. The van der Waals surface area contributed by atoms with Gasteiger partial charge in [0.1, 0.15) is 5.82 Å². The maximum absolute atomic E-state index is 13.6. The molecule has 128 valence electrons. The zero-order chi connectivity index (χ0) is 16.7. The molecule has 1 aromatic rings. The molecule has 0 bridgehead atoms. The third kappa shape index (κ3) is 5.80. The number of likely N-dealkylation sites (N-methyl/N-ethyl adjacent to an activating group) is 1. The number of morpholine rings is 1. The number of nitrogens with one attached hydrogen (secondary N) is 2. The number of benzene rings is 1. The maximum Gasteiger partial charge on any atom is 0.191 e. The summed E-state index contributed by atoms with van der Waals surface area (Å²) in [5, 5.41) is 6.51. The van der Waals surface area contributed by atoms with Crippen LogP contribution in [0.4, 0.5) is 4.39 Å². The van der Waals surface area contributed by atoms with Gasteiger partial charge in [-0.1, -0.05) is 12.1 Å². The summed E-state index contributed by atoms with van der Waals surface area (Å²) in [7, 11) is 2.10. The topological polar surface area (TPSA) is 48.9 Å². The maximum atomic E-state index is 13.6. The van der Waals surface area contributed by atoms with Crippen molar-refractivity contribution in [2.75, 3.05) is 39.8 Å². The van der Waals surface area contributed by atoms with Crippen molar-refractivity contribution in [2.24, 2.45) is 4.99 Å². The number of hydrogen-bond acceptors (Lipinski definition) is 3. The van der Waals surface area contributed by atoms with Crippen LogP contribution in [0.1, 0.15) is 18.1 Å². The lowest BCUT2D eigenvalue weighted by Crippen LogP contribution is -2.48. The van der Waals surface area contributed by atoms with Crippen molar-refractivity contribution in [2.45, 2.75) is 26.5 Å². The van der Waals surface area contributed by atoms with Crippen LogP contribution in [0, 0.1) is 12.7 Å². The first-order valence-electron chi connectivity index (χ1n) is 8.16. The molecule has 0 aromatic heterocycles. The number of guanidine groups is 1. The van der Waals surface area contributed by atoms with Gasteiger partial charge in [0.25, 0.3) is 0 Å². The van der Waals surface area contributed by atoms with Crippen LogP contribution in [0.25, 0.3) is 0 Å². The number of rotatable bonds is 5. The van der Waals surface area contributed by atoms with Gasteiger partial charge in [-0.25, -0.2) is 9.38 Å². The highest BCUT2D eigenvalue weighted by Crippen LogP contribution is 2.10. The summed E-state index contributed by atoms with van der Waals surface area (Å²) in [5.74, 6) is 0.541. The minimum atomic E-state index is -0.186. The number of halogens is 1. The smallest absolute Gasteiger partial charge is 0.191 e. The van der Waals surface area contributed by atoms with Gasteiger partial charge in [-0.05, 0) is 38.1 Å². The van der Waals surface area contributed by atoms with Crippen LogP contribution in [0.5, 0.6) is 0 Å². The normalized spacial score (nSPS) is 19.7. The Labute approximate surface area is 137 Å². The Morgan fingerprint density at radius 2 is 2.26 bits per heavy atom. The van der Waals surface area contributed by atoms with Crippen molar-refractivity contribution in [3.8, 4) is 0 Å². The van der Waals surface area contributed by atoms with Crippen molar-refractivity contribution < 1.29 is 9.13 Å². The number of ether oxygens (including phenoxy) is 1. The lowest BCUT2D eigenvalue weighted by Gasteiger charge is -2.30. The summed E-state index contributed by atoms with van der Waals surface area (Å²) in [6, 6.07) is 5.23. The molecular weight excluding hydrogens is 295 g/mol. The Kier molecular flexibility index (Phi) is 6.80. The number of hydrogen-bond donors (Lipinski definition) is 2. The van der Waals surface area contributed by atoms with Crippen molar-refractivity contribution in [3.63, 3.8) is 0 Å². The first-order chi connectivity index (χ1) is 11.1. The quantitative estimate of drug-likeness (QED) is 0.637. The number of aryl methyl sites for hydroxylation is 1. The summed E-state index contributed by atoms with van der Waals surface area (Å²) >= 11 is 0. The largest absolute Gasteiger partial charge is 0.374 e. The molecule has 1 saturated heterocycles. The van der Waals surface area contributed by atoms with E-state index in [0.717, 1.165) is 37.8 Å². The zero-order valence-electron chi connectivity index (χ0n) is 14.2. The first-order valence-corrected chi connectivity index (χ1v) is 8.16. The average Bonchev–Trinajstić information content (AvgIpc) is 2.53. The molecule has 1 unspecified atom stereocenters. The second-order valence-electron chi connectivity index (χ2n) is 5.91. The molecule has 0 radical (unpaired) electrons. The standard InChI is InChI=1S/C17H27FN4O/c1-4-19-17(21-11-15-12-22(3)7-8-23-15)20-10-14-6-5-13(2)16(18)9-14/h5-6,9,15H,4,7-8,10-12H2,1-3H3,(H2,19,20,21). The lowest BCUT2D eigenvalue weighted by atomic mass is 10.1. The van der Waals surface area contributed by atoms with E-state index in [9.17, 15) is 4.39 Å². The molecule has 1 fully saturated rings. The van der Waals surface area contributed by atoms with Gasteiger partial charge in [0.05, 0.1) is 19.3 Å². The Hall–Kier alpha value is -1.66. The van der Waals surface area contributed by atoms with Gasteiger partial charge in [0, 0.05) is 26.2 Å². The van der Waals surface area contributed by atoms with Crippen LogP contribution in [0.15, 0.2) is 23.2 Å². The molecular formula is C17H27FN4O. The van der Waals surface area contributed by atoms with Crippen molar-refractivity contribution in [3.05, 3.63) is 35.1 Å². The van der Waals surface area contributed by atoms with E-state index in [1.54, 1.807) is 19.1 Å². The summed E-state index contributed by atoms with van der Waals surface area (Å²) in [6.45, 7) is 8.36. The molecule has 0 amide bonds. The molecule has 1 heterocycles. The van der Waals surface area contributed by atoms with E-state index in [1.165, 1.54) is 0 Å². The minimum Gasteiger partial charge on any atom is -0.374 e. The van der Waals surface area contributed by atoms with Crippen LogP contribution in [-0.2, 0) is 11.3 Å². The van der Waals surface area contributed by atoms with Crippen molar-refractivity contribution >= 4 is 5.96 Å². The van der Waals surface area contributed by atoms with Gasteiger partial charge in [-0.2, -0.15) is 0 Å². The molecule has 2 N–H and O–H groups in total. The molecule has 1 atom stereocenters. The van der Waals surface area contributed by atoms with Gasteiger partial charge >= 0.3 is 0 Å². The molecule has 5 nitrogen and oxygen atoms in total. The average molecular weight is 322 g/mol. The highest BCUT2D eigenvalue weighted by atomic mass is 19.1. The fourth-order valence-electron chi connectivity index (χ4n) is 2.45. The van der Waals surface area contributed by atoms with E-state index >= 15 is 0 Å². The third-order valence-electron chi connectivity index (χ3n) is 3.84. The molecule has 23 heavy (non-hydrogen) atoms. The second kappa shape index (κ2) is 8.84. The second-order valence-corrected chi connectivity index (χ2v) is 5.91. The number of aliphatic imine (C=N–C) groups is 1. The van der Waals surface area contributed by atoms with Gasteiger partial charge < -0.3 is 20.3 Å². The fourth-order valence-corrected chi connectivity index (χ4v) is 2.45. The third-order valence-corrected chi connectivity index (χ3v) is 3.84. The Bertz CT molecular complexity index is 535. The molecule has 0 saturated carbocycles. The predicted molar refractivity (Wildman–Crippen MR) is 91.2 cm³/mol. The highest BCUT2D eigenvalue weighted by molar-refractivity contribution is 5.79. The lowest BCUT2D eigenvalue weighted by molar-refractivity contribution is -0.0161. The Morgan fingerprint density at radius 1 is 1.43 bits per heavy atom. The Balaban J connectivity index is 1.89. The molecule has 1 aliphatic rings. The molecule has 0 aliphatic carbocycles. The van der Waals surface area contributed by atoms with E-state index in [4.69, 9.17) is 4.74 Å². The van der Waals surface area contributed by atoms with Gasteiger partial charge in [-0.15, -0.1) is 0 Å². The molecule has 6 heteroatoms. The molecule has 0 spiro atoms. The van der Waals surface area contributed by atoms with E-state index in [-0.39, 0.29) is 11.9 Å². The summed E-state index contributed by atoms with van der Waals surface area (Å²) in [6.07, 6.45) is 0.162. The summed E-state index contributed by atoms with van der Waals surface area (Å²) in [4.78, 5) is 6.78. The van der Waals surface area contributed by atoms with Gasteiger partial charge in [-0.3, -0.25) is 0 Å². The van der Waals surface area contributed by atoms with Gasteiger partial charge in [0.2, 0.25) is 0 Å². The summed E-state index contributed by atoms with van der Waals surface area (Å²) in [5.41, 5.74) is 1.51. The minimum absolute atomic E-state index is 0.162. The van der Waals surface area contributed by atoms with Crippen LogP contribution in [0.2, 0.25) is 0 Å². The van der Waals surface area contributed by atoms with Gasteiger partial charge in [0.15, 0.2) is 5.96 Å². The Morgan fingerprint density at radius 3 is 2.96 bits per heavy atom. The van der Waals surface area contributed by atoms with Crippen LogP contribution in [0.3, 0.4) is 0 Å². The van der Waals surface area contributed by atoms with E-state index < -0.39 is 0 Å². The molecule has 1 aliphatic heterocycles. The van der Waals surface area contributed by atoms with E-state index in [2.05, 4.69) is 27.6 Å². The highest BCUT2D eigenvalue weighted by Gasteiger charge is 2.17. The monoisotopic (exact) mass is 322 g/mol. The van der Waals surface area contributed by atoms with Crippen molar-refractivity contribution in [1.29, 1.82) is 0 Å². The zero-order valence-corrected chi connectivity index (χ0v) is 14.2. The van der Waals surface area contributed by atoms with Crippen LogP contribution in [-0.4, -0.2) is 56.8 Å². The van der Waals surface area contributed by atoms with Crippen LogP contribution < -0.4 is 10.6 Å². The first kappa shape index (κ1) is 17.7.